The van der Waals surface area contributed by atoms with Crippen LogP contribution in [0.15, 0.2) is 42.5 Å². The Kier molecular flexibility index (Phi) is 3.90. The number of ether oxygens (including phenoxy) is 2. The number of halogens is 1. The summed E-state index contributed by atoms with van der Waals surface area (Å²) in [6.45, 7) is 0.518. The van der Waals surface area contributed by atoms with Crippen molar-refractivity contribution in [2.75, 3.05) is 13.7 Å². The summed E-state index contributed by atoms with van der Waals surface area (Å²) in [5.74, 6) is -0.421. The Bertz CT molecular complexity index is 642. The van der Waals surface area contributed by atoms with Crippen molar-refractivity contribution in [3.05, 3.63) is 65.0 Å². The van der Waals surface area contributed by atoms with Gasteiger partial charge in [0, 0.05) is 5.56 Å². The van der Waals surface area contributed by atoms with Gasteiger partial charge < -0.3 is 14.6 Å². The first-order chi connectivity index (χ1) is 10.2. The highest BCUT2D eigenvalue weighted by atomic mass is 19.1. The zero-order valence-electron chi connectivity index (χ0n) is 11.8. The summed E-state index contributed by atoms with van der Waals surface area (Å²) in [5.41, 5.74) is 2.24. The molecule has 0 amide bonds. The lowest BCUT2D eigenvalue weighted by Crippen LogP contribution is -2.22. The standard InChI is InChI=1S/C17H17FO3/c1-20-14-8-4-7-13(15(14)18)16(19)17-12-6-3-2-5-11(12)9-10-21-17/h2-8,16-17,19H,9-10H2,1H3. The zero-order valence-corrected chi connectivity index (χ0v) is 11.8. The molecule has 0 spiro atoms. The summed E-state index contributed by atoms with van der Waals surface area (Å²) in [6, 6.07) is 12.5. The molecule has 1 N–H and O–H groups in total. The highest BCUT2D eigenvalue weighted by Crippen LogP contribution is 2.38. The molecule has 2 unspecified atom stereocenters. The lowest BCUT2D eigenvalue weighted by Gasteiger charge is -2.30. The minimum Gasteiger partial charge on any atom is -0.494 e. The molecule has 2 atom stereocenters. The van der Waals surface area contributed by atoms with Crippen LogP contribution in [-0.4, -0.2) is 18.8 Å². The van der Waals surface area contributed by atoms with Crippen molar-refractivity contribution in [3.63, 3.8) is 0 Å². The van der Waals surface area contributed by atoms with Crippen LogP contribution in [0.3, 0.4) is 0 Å². The summed E-state index contributed by atoms with van der Waals surface area (Å²) in [4.78, 5) is 0. The fraction of sp³-hybridized carbons (Fsp3) is 0.294. The van der Waals surface area contributed by atoms with Crippen molar-refractivity contribution >= 4 is 0 Å². The van der Waals surface area contributed by atoms with Gasteiger partial charge in [0.1, 0.15) is 12.2 Å². The van der Waals surface area contributed by atoms with E-state index < -0.39 is 18.0 Å². The normalized spacial score (nSPS) is 18.9. The van der Waals surface area contributed by atoms with Crippen molar-refractivity contribution < 1.29 is 19.0 Å². The molecule has 0 aliphatic carbocycles. The highest BCUT2D eigenvalue weighted by molar-refractivity contribution is 5.37. The second-order valence-corrected chi connectivity index (χ2v) is 5.05. The lowest BCUT2D eigenvalue weighted by molar-refractivity contribution is -0.0496. The summed E-state index contributed by atoms with van der Waals surface area (Å²) < 4.78 is 25.0. The predicted octanol–water partition coefficient (Wildman–Crippen LogP) is 3.18. The van der Waals surface area contributed by atoms with Crippen LogP contribution in [0.4, 0.5) is 4.39 Å². The molecule has 1 aliphatic heterocycles. The van der Waals surface area contributed by atoms with Crippen LogP contribution in [0.2, 0.25) is 0 Å². The molecule has 21 heavy (non-hydrogen) atoms. The molecule has 3 nitrogen and oxygen atoms in total. The molecule has 110 valence electrons. The van der Waals surface area contributed by atoms with E-state index >= 15 is 0 Å². The maximum Gasteiger partial charge on any atom is 0.170 e. The largest absolute Gasteiger partial charge is 0.494 e. The van der Waals surface area contributed by atoms with E-state index in [-0.39, 0.29) is 11.3 Å². The monoisotopic (exact) mass is 288 g/mol. The van der Waals surface area contributed by atoms with E-state index in [9.17, 15) is 9.50 Å². The van der Waals surface area contributed by atoms with Gasteiger partial charge in [-0.1, -0.05) is 36.4 Å². The molecule has 0 radical (unpaired) electrons. The maximum absolute atomic E-state index is 14.3. The Morgan fingerprint density at radius 3 is 2.86 bits per heavy atom. The Balaban J connectivity index is 1.98. The van der Waals surface area contributed by atoms with Gasteiger partial charge in [0.05, 0.1) is 13.7 Å². The lowest BCUT2D eigenvalue weighted by atomic mass is 9.91. The van der Waals surface area contributed by atoms with Gasteiger partial charge >= 0.3 is 0 Å². The average molecular weight is 288 g/mol. The first-order valence-corrected chi connectivity index (χ1v) is 6.92. The van der Waals surface area contributed by atoms with Gasteiger partial charge in [0.15, 0.2) is 11.6 Å². The van der Waals surface area contributed by atoms with Crippen LogP contribution in [0.25, 0.3) is 0 Å². The predicted molar refractivity (Wildman–Crippen MR) is 76.8 cm³/mol. The van der Waals surface area contributed by atoms with Crippen molar-refractivity contribution in [1.29, 1.82) is 0 Å². The summed E-state index contributed by atoms with van der Waals surface area (Å²) in [5, 5.41) is 10.6. The van der Waals surface area contributed by atoms with Crippen molar-refractivity contribution in [1.82, 2.24) is 0 Å². The Morgan fingerprint density at radius 2 is 2.05 bits per heavy atom. The molecule has 1 aliphatic rings. The highest BCUT2D eigenvalue weighted by Gasteiger charge is 2.30. The third-order valence-electron chi connectivity index (χ3n) is 3.85. The second kappa shape index (κ2) is 5.84. The minimum atomic E-state index is -1.07. The molecule has 0 aromatic heterocycles. The minimum absolute atomic E-state index is 0.121. The molecular formula is C17H17FO3. The number of benzene rings is 2. The molecule has 1 heterocycles. The van der Waals surface area contributed by atoms with Gasteiger partial charge in [0.2, 0.25) is 0 Å². The SMILES string of the molecule is COc1cccc(C(O)C2OCCc3ccccc32)c1F. The number of hydrogen-bond donors (Lipinski definition) is 1. The molecule has 3 rings (SSSR count). The topological polar surface area (TPSA) is 38.7 Å². The Morgan fingerprint density at radius 1 is 1.24 bits per heavy atom. The maximum atomic E-state index is 14.3. The van der Waals surface area contributed by atoms with Crippen LogP contribution in [0.1, 0.15) is 28.9 Å². The number of aliphatic hydroxyl groups is 1. The number of methoxy groups -OCH3 is 1. The molecule has 0 saturated heterocycles. The van der Waals surface area contributed by atoms with E-state index in [4.69, 9.17) is 9.47 Å². The molecule has 0 bridgehead atoms. The summed E-state index contributed by atoms with van der Waals surface area (Å²) in [6.07, 6.45) is -0.821. The molecular weight excluding hydrogens is 271 g/mol. The van der Waals surface area contributed by atoms with Crippen LogP contribution < -0.4 is 4.74 Å². The Labute approximate surface area is 122 Å². The molecule has 0 saturated carbocycles. The van der Waals surface area contributed by atoms with E-state index in [1.54, 1.807) is 12.1 Å². The van der Waals surface area contributed by atoms with Crippen LogP contribution >= 0.6 is 0 Å². The molecule has 2 aromatic carbocycles. The summed E-state index contributed by atoms with van der Waals surface area (Å²) >= 11 is 0. The van der Waals surface area contributed by atoms with Gasteiger partial charge in [0.25, 0.3) is 0 Å². The fourth-order valence-corrected chi connectivity index (χ4v) is 2.76. The van der Waals surface area contributed by atoms with Crippen molar-refractivity contribution in [2.24, 2.45) is 0 Å². The van der Waals surface area contributed by atoms with Gasteiger partial charge in [-0.05, 0) is 23.6 Å². The third-order valence-corrected chi connectivity index (χ3v) is 3.85. The Hall–Kier alpha value is -1.91. The first-order valence-electron chi connectivity index (χ1n) is 6.92. The molecule has 2 aromatic rings. The van der Waals surface area contributed by atoms with E-state index in [1.807, 2.05) is 24.3 Å². The van der Waals surface area contributed by atoms with Gasteiger partial charge in [-0.3, -0.25) is 0 Å². The number of fused-ring (bicyclic) bond motifs is 1. The van der Waals surface area contributed by atoms with E-state index in [0.717, 1.165) is 17.5 Å². The number of aliphatic hydroxyl groups excluding tert-OH is 1. The van der Waals surface area contributed by atoms with E-state index in [2.05, 4.69) is 0 Å². The second-order valence-electron chi connectivity index (χ2n) is 5.05. The number of rotatable bonds is 3. The summed E-state index contributed by atoms with van der Waals surface area (Å²) in [7, 11) is 1.40. The van der Waals surface area contributed by atoms with E-state index in [1.165, 1.54) is 13.2 Å². The molecule has 0 fully saturated rings. The first kappa shape index (κ1) is 14.0. The van der Waals surface area contributed by atoms with E-state index in [0.29, 0.717) is 6.61 Å². The van der Waals surface area contributed by atoms with Gasteiger partial charge in [-0.25, -0.2) is 4.39 Å². The van der Waals surface area contributed by atoms with Gasteiger partial charge in [-0.2, -0.15) is 0 Å². The third kappa shape index (κ3) is 2.52. The van der Waals surface area contributed by atoms with Crippen LogP contribution in [-0.2, 0) is 11.2 Å². The number of hydrogen-bond acceptors (Lipinski definition) is 3. The average Bonchev–Trinajstić information content (AvgIpc) is 2.54. The van der Waals surface area contributed by atoms with Crippen molar-refractivity contribution in [3.8, 4) is 5.75 Å². The van der Waals surface area contributed by atoms with Crippen molar-refractivity contribution in [2.45, 2.75) is 18.6 Å². The molecule has 4 heteroatoms. The van der Waals surface area contributed by atoms with Gasteiger partial charge in [-0.15, -0.1) is 0 Å². The quantitative estimate of drug-likeness (QED) is 0.942. The fourth-order valence-electron chi connectivity index (χ4n) is 2.76. The zero-order chi connectivity index (χ0) is 14.8. The van der Waals surface area contributed by atoms with Crippen LogP contribution in [0.5, 0.6) is 5.75 Å². The smallest absolute Gasteiger partial charge is 0.170 e. The van der Waals surface area contributed by atoms with Crippen LogP contribution in [0, 0.1) is 5.82 Å².